The maximum atomic E-state index is 14.3. The number of phenolic OH excluding ortho intramolecular Hbond substituents is 1. The molecular weight excluding hydrogens is 518 g/mol. The first-order chi connectivity index (χ1) is 19.4. The zero-order valence-corrected chi connectivity index (χ0v) is 25.6. The highest BCUT2D eigenvalue weighted by atomic mass is 16.6. The number of benzene rings is 2. The van der Waals surface area contributed by atoms with E-state index in [9.17, 15) is 19.5 Å². The van der Waals surface area contributed by atoms with Crippen LogP contribution in [-0.2, 0) is 20.9 Å². The van der Waals surface area contributed by atoms with E-state index < -0.39 is 23.8 Å². The number of hydrogen-bond acceptors (Lipinski definition) is 5. The van der Waals surface area contributed by atoms with Crippen LogP contribution in [0.5, 0.6) is 5.75 Å². The monoisotopic (exact) mass is 567 g/mol. The molecule has 8 nitrogen and oxygen atoms in total. The number of hydrogen-bond donors (Lipinski definition) is 3. The molecule has 2 unspecified atom stereocenters. The van der Waals surface area contributed by atoms with E-state index in [0.29, 0.717) is 31.5 Å². The van der Waals surface area contributed by atoms with Gasteiger partial charge in [0.05, 0.1) is 0 Å². The Kier molecular flexibility index (Phi) is 13.7. The highest BCUT2D eigenvalue weighted by molar-refractivity contribution is 5.92. The van der Waals surface area contributed by atoms with Crippen LogP contribution in [0.4, 0.5) is 4.79 Å². The number of nitrogens with one attached hydrogen (secondary N) is 2. The molecule has 8 heteroatoms. The lowest BCUT2D eigenvalue weighted by molar-refractivity contribution is -0.143. The van der Waals surface area contributed by atoms with E-state index in [1.807, 2.05) is 44.2 Å². The van der Waals surface area contributed by atoms with Gasteiger partial charge in [0.15, 0.2) is 0 Å². The number of nitrogens with zero attached hydrogens (tertiary/aromatic N) is 1. The smallest absolute Gasteiger partial charge is 0.408 e. The molecule has 0 aromatic heterocycles. The van der Waals surface area contributed by atoms with Crippen LogP contribution in [0.2, 0.25) is 0 Å². The number of carbonyl (C=O) groups is 3. The number of rotatable bonds is 15. The first kappa shape index (κ1) is 33.7. The summed E-state index contributed by atoms with van der Waals surface area (Å²) < 4.78 is 5.47. The van der Waals surface area contributed by atoms with Crippen molar-refractivity contribution in [1.29, 1.82) is 0 Å². The molecule has 0 aliphatic carbocycles. The van der Waals surface area contributed by atoms with E-state index in [2.05, 4.69) is 17.6 Å². The Hall–Kier alpha value is -3.55. The maximum absolute atomic E-state index is 14.3. The molecule has 2 aromatic rings. The number of unbranched alkanes of at least 4 members (excludes halogenated alkanes) is 4. The zero-order valence-electron chi connectivity index (χ0n) is 25.6. The van der Waals surface area contributed by atoms with Gasteiger partial charge < -0.3 is 25.4 Å². The molecule has 3 amide bonds. The second kappa shape index (κ2) is 16.7. The molecule has 226 valence electrons. The molecule has 0 aliphatic heterocycles. The normalized spacial score (nSPS) is 12.9. The van der Waals surface area contributed by atoms with Crippen LogP contribution in [0.15, 0.2) is 54.6 Å². The van der Waals surface area contributed by atoms with Crippen molar-refractivity contribution in [1.82, 2.24) is 15.5 Å². The zero-order chi connectivity index (χ0) is 30.4. The van der Waals surface area contributed by atoms with Crippen LogP contribution in [0.25, 0.3) is 0 Å². The lowest BCUT2D eigenvalue weighted by Crippen LogP contribution is -2.53. The van der Waals surface area contributed by atoms with Gasteiger partial charge >= 0.3 is 6.09 Å². The Morgan fingerprint density at radius 2 is 1.56 bits per heavy atom. The second-order valence-electron chi connectivity index (χ2n) is 12.0. The molecule has 3 N–H and O–H groups in total. The molecule has 0 radical (unpaired) electrons. The van der Waals surface area contributed by atoms with Crippen molar-refractivity contribution in [2.24, 2.45) is 5.92 Å². The fourth-order valence-corrected chi connectivity index (χ4v) is 4.61. The predicted molar refractivity (Wildman–Crippen MR) is 162 cm³/mol. The fraction of sp³-hybridized carbons (Fsp3) is 0.545. The van der Waals surface area contributed by atoms with Gasteiger partial charge in [0.2, 0.25) is 11.8 Å². The fourth-order valence-electron chi connectivity index (χ4n) is 4.61. The van der Waals surface area contributed by atoms with Gasteiger partial charge in [-0.1, -0.05) is 88.9 Å². The van der Waals surface area contributed by atoms with Crippen LogP contribution < -0.4 is 10.6 Å². The van der Waals surface area contributed by atoms with Crippen molar-refractivity contribution in [3.05, 3.63) is 65.7 Å². The van der Waals surface area contributed by atoms with E-state index in [4.69, 9.17) is 4.74 Å². The second-order valence-corrected chi connectivity index (χ2v) is 12.0. The van der Waals surface area contributed by atoms with Gasteiger partial charge in [-0.25, -0.2) is 4.79 Å². The lowest BCUT2D eigenvalue weighted by Gasteiger charge is -2.35. The van der Waals surface area contributed by atoms with E-state index in [1.54, 1.807) is 37.8 Å². The summed E-state index contributed by atoms with van der Waals surface area (Å²) in [5.74, 6) is -0.502. The highest BCUT2D eigenvalue weighted by Gasteiger charge is 2.36. The van der Waals surface area contributed by atoms with Crippen molar-refractivity contribution in [2.75, 3.05) is 6.54 Å². The summed E-state index contributed by atoms with van der Waals surface area (Å²) in [6.07, 6.45) is 4.58. The largest absolute Gasteiger partial charge is 0.508 e. The van der Waals surface area contributed by atoms with Crippen molar-refractivity contribution >= 4 is 17.9 Å². The Morgan fingerprint density at radius 3 is 2.15 bits per heavy atom. The number of ether oxygens (including phenoxy) is 1. The molecule has 0 aliphatic rings. The van der Waals surface area contributed by atoms with Crippen molar-refractivity contribution in [2.45, 2.75) is 104 Å². The molecule has 2 aromatic carbocycles. The van der Waals surface area contributed by atoms with Gasteiger partial charge in [0.1, 0.15) is 23.4 Å². The highest BCUT2D eigenvalue weighted by Crippen LogP contribution is 2.26. The van der Waals surface area contributed by atoms with E-state index in [0.717, 1.165) is 31.2 Å². The van der Waals surface area contributed by atoms with Crippen molar-refractivity contribution in [3.63, 3.8) is 0 Å². The summed E-state index contributed by atoms with van der Waals surface area (Å²) in [5.41, 5.74) is 0.795. The Balaban J connectivity index is 2.45. The van der Waals surface area contributed by atoms with Crippen molar-refractivity contribution in [3.8, 4) is 5.75 Å². The Bertz CT molecular complexity index is 1080. The van der Waals surface area contributed by atoms with Gasteiger partial charge in [-0.2, -0.15) is 0 Å². The number of phenols is 1. The topological polar surface area (TPSA) is 108 Å². The van der Waals surface area contributed by atoms with Crippen LogP contribution in [0.1, 0.15) is 97.2 Å². The molecule has 0 bridgehead atoms. The minimum Gasteiger partial charge on any atom is -0.508 e. The van der Waals surface area contributed by atoms with Crippen molar-refractivity contribution < 1.29 is 24.2 Å². The molecule has 2 rings (SSSR count). The van der Waals surface area contributed by atoms with Crippen LogP contribution >= 0.6 is 0 Å². The molecule has 0 fully saturated rings. The summed E-state index contributed by atoms with van der Waals surface area (Å²) >= 11 is 0. The summed E-state index contributed by atoms with van der Waals surface area (Å²) in [6.45, 7) is 12.1. The Labute approximate surface area is 245 Å². The third kappa shape index (κ3) is 12.2. The molecule has 0 saturated heterocycles. The van der Waals surface area contributed by atoms with Crippen LogP contribution in [0, 0.1) is 5.92 Å². The van der Waals surface area contributed by atoms with E-state index >= 15 is 0 Å². The van der Waals surface area contributed by atoms with Gasteiger partial charge in [-0.05, 0) is 62.8 Å². The summed E-state index contributed by atoms with van der Waals surface area (Å²) in [7, 11) is 0. The van der Waals surface area contributed by atoms with Crippen LogP contribution in [0.3, 0.4) is 0 Å². The van der Waals surface area contributed by atoms with Gasteiger partial charge in [-0.15, -0.1) is 0 Å². The quantitative estimate of drug-likeness (QED) is 0.213. The molecule has 0 spiro atoms. The van der Waals surface area contributed by atoms with Gasteiger partial charge in [0.25, 0.3) is 0 Å². The van der Waals surface area contributed by atoms with E-state index in [-0.39, 0.29) is 23.5 Å². The molecule has 2 atom stereocenters. The number of aromatic hydroxyl groups is 1. The lowest BCUT2D eigenvalue weighted by atomic mass is 9.98. The first-order valence-corrected chi connectivity index (χ1v) is 14.8. The number of carbonyl (C=O) groups excluding carboxylic acids is 3. The predicted octanol–water partition coefficient (Wildman–Crippen LogP) is 6.49. The van der Waals surface area contributed by atoms with Gasteiger partial charge in [-0.3, -0.25) is 9.59 Å². The summed E-state index contributed by atoms with van der Waals surface area (Å²) in [5, 5.41) is 15.7. The van der Waals surface area contributed by atoms with Crippen LogP contribution in [-0.4, -0.2) is 46.1 Å². The summed E-state index contributed by atoms with van der Waals surface area (Å²) in [6, 6.07) is 14.1. The third-order valence-electron chi connectivity index (χ3n) is 6.56. The molecule has 0 heterocycles. The third-order valence-corrected chi connectivity index (χ3v) is 6.56. The molecule has 0 saturated carbocycles. The average Bonchev–Trinajstić information content (AvgIpc) is 2.90. The van der Waals surface area contributed by atoms with E-state index in [1.165, 1.54) is 12.1 Å². The summed E-state index contributed by atoms with van der Waals surface area (Å²) in [4.78, 5) is 42.5. The van der Waals surface area contributed by atoms with Gasteiger partial charge in [0, 0.05) is 13.1 Å². The standard InChI is InChI=1S/C33H49N3O5/c1-7-8-9-10-14-21-36(31(39)28(22-24(2)3)35-32(40)41-33(4,5)6)29(26-17-19-27(37)20-18-26)30(38)34-23-25-15-12-11-13-16-25/h11-13,15-20,24,28-29,37H,7-10,14,21-23H2,1-6H3,(H,34,38)(H,35,40). The molecular formula is C33H49N3O5. The first-order valence-electron chi connectivity index (χ1n) is 14.8. The maximum Gasteiger partial charge on any atom is 0.408 e. The SMILES string of the molecule is CCCCCCCN(C(=O)C(CC(C)C)NC(=O)OC(C)(C)C)C(C(=O)NCc1ccccc1)c1ccc(O)cc1. The Morgan fingerprint density at radius 1 is 0.927 bits per heavy atom. The average molecular weight is 568 g/mol. The molecule has 41 heavy (non-hydrogen) atoms. The number of alkyl carbamates (subject to hydrolysis) is 1. The number of amides is 3. The minimum atomic E-state index is -0.951. The minimum absolute atomic E-state index is 0.0684.